The molecule has 0 radical (unpaired) electrons. The van der Waals surface area contributed by atoms with E-state index in [9.17, 15) is 14.4 Å². The number of amides is 2. The van der Waals surface area contributed by atoms with E-state index in [4.69, 9.17) is 21.4 Å². The van der Waals surface area contributed by atoms with Crippen LogP contribution in [0.5, 0.6) is 0 Å². The molecule has 1 aliphatic carbocycles. The van der Waals surface area contributed by atoms with Crippen LogP contribution in [-0.4, -0.2) is 35.7 Å². The molecule has 0 saturated heterocycles. The van der Waals surface area contributed by atoms with Crippen molar-refractivity contribution >= 4 is 35.3 Å². The zero-order valence-electron chi connectivity index (χ0n) is 19.1. The number of carboxylic acid groups (broad SMARTS) is 1. The minimum absolute atomic E-state index is 0.0238. The average Bonchev–Trinajstić information content (AvgIpc) is 3.16. The van der Waals surface area contributed by atoms with E-state index in [2.05, 4.69) is 34.9 Å². The van der Waals surface area contributed by atoms with Crippen LogP contribution in [0.1, 0.15) is 47.2 Å². The normalized spacial score (nSPS) is 12.9. The number of carbonyl (C=O) groups is 3. The monoisotopic (exact) mass is 492 g/mol. The van der Waals surface area contributed by atoms with E-state index in [0.717, 1.165) is 22.3 Å². The van der Waals surface area contributed by atoms with Crippen LogP contribution in [0.2, 0.25) is 5.02 Å². The summed E-state index contributed by atoms with van der Waals surface area (Å²) in [6, 6.07) is 20.2. The van der Waals surface area contributed by atoms with E-state index < -0.39 is 12.1 Å². The first-order valence-corrected chi connectivity index (χ1v) is 11.7. The van der Waals surface area contributed by atoms with Crippen molar-refractivity contribution in [2.75, 3.05) is 11.9 Å². The zero-order valence-corrected chi connectivity index (χ0v) is 19.8. The molecule has 1 aliphatic rings. The fraction of sp³-hybridized carbons (Fsp3) is 0.222. The highest BCUT2D eigenvalue weighted by Gasteiger charge is 2.29. The number of halogens is 1. The maximum absolute atomic E-state index is 12.4. The second-order valence-corrected chi connectivity index (χ2v) is 8.86. The van der Waals surface area contributed by atoms with E-state index in [1.807, 2.05) is 24.3 Å². The summed E-state index contributed by atoms with van der Waals surface area (Å²) in [5, 5.41) is 14.7. The van der Waals surface area contributed by atoms with Gasteiger partial charge in [0.15, 0.2) is 0 Å². The summed E-state index contributed by atoms with van der Waals surface area (Å²) < 4.78 is 5.54. The van der Waals surface area contributed by atoms with E-state index in [1.54, 1.807) is 6.92 Å². The Balaban J connectivity index is 1.26. The summed E-state index contributed by atoms with van der Waals surface area (Å²) in [5.41, 5.74) is 4.85. The number of rotatable bonds is 8. The molecule has 8 heteroatoms. The Bertz CT molecular complexity index is 1230. The van der Waals surface area contributed by atoms with Gasteiger partial charge in [0.1, 0.15) is 6.61 Å². The van der Waals surface area contributed by atoms with Gasteiger partial charge in [0.25, 0.3) is 0 Å². The lowest BCUT2D eigenvalue weighted by atomic mass is 9.98. The molecule has 1 unspecified atom stereocenters. The van der Waals surface area contributed by atoms with Gasteiger partial charge in [-0.1, -0.05) is 60.1 Å². The predicted octanol–water partition coefficient (Wildman–Crippen LogP) is 5.68. The first kappa shape index (κ1) is 24.3. The van der Waals surface area contributed by atoms with Gasteiger partial charge in [-0.3, -0.25) is 4.79 Å². The Morgan fingerprint density at radius 2 is 1.63 bits per heavy atom. The van der Waals surface area contributed by atoms with Gasteiger partial charge < -0.3 is 20.5 Å². The van der Waals surface area contributed by atoms with Gasteiger partial charge in [-0.2, -0.15) is 0 Å². The summed E-state index contributed by atoms with van der Waals surface area (Å²) in [7, 11) is 0. The topological polar surface area (TPSA) is 105 Å². The van der Waals surface area contributed by atoms with Gasteiger partial charge in [-0.05, 0) is 53.8 Å². The summed E-state index contributed by atoms with van der Waals surface area (Å²) in [5.74, 6) is -1.50. The third-order valence-electron chi connectivity index (χ3n) is 5.99. The molecule has 3 aromatic rings. The standard InChI is InChI=1S/C27H25ClN2O5/c1-16(10-13-25(31)30-17-11-12-24(28)22(14-17)26(32)33)29-27(34)35-15-23-20-8-4-2-6-18(20)19-7-3-5-9-21(19)23/h2-9,11-12,14,16,23H,10,13,15H2,1H3,(H,29,34)(H,30,31)(H,32,33). The van der Waals surface area contributed by atoms with Crippen LogP contribution in [-0.2, 0) is 9.53 Å². The highest BCUT2D eigenvalue weighted by Crippen LogP contribution is 2.44. The van der Waals surface area contributed by atoms with E-state index >= 15 is 0 Å². The van der Waals surface area contributed by atoms with Crippen molar-refractivity contribution in [1.82, 2.24) is 5.32 Å². The molecular formula is C27H25ClN2O5. The Morgan fingerprint density at radius 3 is 2.26 bits per heavy atom. The number of ether oxygens (including phenoxy) is 1. The molecule has 0 fully saturated rings. The van der Waals surface area contributed by atoms with Crippen molar-refractivity contribution < 1.29 is 24.2 Å². The third-order valence-corrected chi connectivity index (χ3v) is 6.32. The number of carbonyl (C=O) groups excluding carboxylic acids is 2. The van der Waals surface area contributed by atoms with Gasteiger partial charge in [-0.25, -0.2) is 9.59 Å². The molecule has 0 bridgehead atoms. The molecule has 4 rings (SSSR count). The number of carboxylic acids is 1. The number of nitrogens with one attached hydrogen (secondary N) is 2. The minimum atomic E-state index is -1.17. The highest BCUT2D eigenvalue weighted by atomic mass is 35.5. The van der Waals surface area contributed by atoms with Crippen LogP contribution < -0.4 is 10.6 Å². The lowest BCUT2D eigenvalue weighted by molar-refractivity contribution is -0.116. The predicted molar refractivity (Wildman–Crippen MR) is 134 cm³/mol. The number of anilines is 1. The number of hydrogen-bond acceptors (Lipinski definition) is 4. The molecule has 3 N–H and O–H groups in total. The van der Waals surface area contributed by atoms with Crippen molar-refractivity contribution in [3.63, 3.8) is 0 Å². The Morgan fingerprint density at radius 1 is 1.00 bits per heavy atom. The van der Waals surface area contributed by atoms with E-state index in [1.165, 1.54) is 18.2 Å². The number of alkyl carbamates (subject to hydrolysis) is 1. The van der Waals surface area contributed by atoms with E-state index in [-0.39, 0.29) is 41.5 Å². The molecule has 0 spiro atoms. The number of fused-ring (bicyclic) bond motifs is 3. The SMILES string of the molecule is CC(CCC(=O)Nc1ccc(Cl)c(C(=O)O)c1)NC(=O)OCC1c2ccccc2-c2ccccc21. The Labute approximate surface area is 208 Å². The zero-order chi connectivity index (χ0) is 24.9. The van der Waals surface area contributed by atoms with Gasteiger partial charge in [0.05, 0.1) is 10.6 Å². The summed E-state index contributed by atoms with van der Waals surface area (Å²) >= 11 is 5.85. The Hall–Kier alpha value is -3.84. The summed E-state index contributed by atoms with van der Waals surface area (Å²) in [4.78, 5) is 35.9. The molecule has 0 saturated carbocycles. The summed E-state index contributed by atoms with van der Waals surface area (Å²) in [6.07, 6.45) is -0.0193. The average molecular weight is 493 g/mol. The lowest BCUT2D eigenvalue weighted by Crippen LogP contribution is -2.34. The molecule has 1 atom stereocenters. The molecule has 7 nitrogen and oxygen atoms in total. The van der Waals surface area contributed by atoms with Crippen LogP contribution in [0.25, 0.3) is 11.1 Å². The first-order chi connectivity index (χ1) is 16.8. The first-order valence-electron chi connectivity index (χ1n) is 11.3. The van der Waals surface area contributed by atoms with Crippen LogP contribution in [0.15, 0.2) is 66.7 Å². The van der Waals surface area contributed by atoms with Crippen molar-refractivity contribution in [2.24, 2.45) is 0 Å². The van der Waals surface area contributed by atoms with Crippen LogP contribution in [0, 0.1) is 0 Å². The van der Waals surface area contributed by atoms with Crippen LogP contribution in [0.4, 0.5) is 10.5 Å². The molecule has 3 aromatic carbocycles. The fourth-order valence-corrected chi connectivity index (χ4v) is 4.45. The van der Waals surface area contributed by atoms with Crippen molar-refractivity contribution in [3.8, 4) is 11.1 Å². The van der Waals surface area contributed by atoms with Crippen molar-refractivity contribution in [1.29, 1.82) is 0 Å². The minimum Gasteiger partial charge on any atom is -0.478 e. The number of benzene rings is 3. The van der Waals surface area contributed by atoms with Crippen LogP contribution in [0.3, 0.4) is 0 Å². The van der Waals surface area contributed by atoms with Crippen LogP contribution >= 0.6 is 11.6 Å². The Kier molecular flexibility index (Phi) is 7.36. The van der Waals surface area contributed by atoms with E-state index in [0.29, 0.717) is 12.1 Å². The lowest BCUT2D eigenvalue weighted by Gasteiger charge is -2.17. The molecule has 0 aliphatic heterocycles. The molecule has 35 heavy (non-hydrogen) atoms. The molecule has 180 valence electrons. The fourth-order valence-electron chi connectivity index (χ4n) is 4.25. The van der Waals surface area contributed by atoms with Crippen molar-refractivity contribution in [3.05, 3.63) is 88.4 Å². The second kappa shape index (κ2) is 10.6. The maximum Gasteiger partial charge on any atom is 0.407 e. The quantitative estimate of drug-likeness (QED) is 0.375. The highest BCUT2D eigenvalue weighted by molar-refractivity contribution is 6.33. The second-order valence-electron chi connectivity index (χ2n) is 8.46. The molecule has 0 aromatic heterocycles. The molecular weight excluding hydrogens is 468 g/mol. The number of hydrogen-bond donors (Lipinski definition) is 3. The van der Waals surface area contributed by atoms with Gasteiger partial charge in [-0.15, -0.1) is 0 Å². The summed E-state index contributed by atoms with van der Waals surface area (Å²) in [6.45, 7) is 2.01. The molecule has 2 amide bonds. The van der Waals surface area contributed by atoms with Crippen molar-refractivity contribution in [2.45, 2.75) is 31.7 Å². The number of aromatic carboxylic acids is 1. The van der Waals surface area contributed by atoms with Gasteiger partial charge in [0, 0.05) is 24.1 Å². The largest absolute Gasteiger partial charge is 0.478 e. The maximum atomic E-state index is 12.4. The smallest absolute Gasteiger partial charge is 0.407 e. The van der Waals surface area contributed by atoms with Gasteiger partial charge >= 0.3 is 12.1 Å². The molecule has 0 heterocycles. The third kappa shape index (κ3) is 5.63. The van der Waals surface area contributed by atoms with Gasteiger partial charge in [0.2, 0.25) is 5.91 Å².